The van der Waals surface area contributed by atoms with Gasteiger partial charge in [0.25, 0.3) is 0 Å². The maximum absolute atomic E-state index is 12.4. The summed E-state index contributed by atoms with van der Waals surface area (Å²) in [5.41, 5.74) is 10.6. The van der Waals surface area contributed by atoms with E-state index in [-0.39, 0.29) is 5.91 Å². The fourth-order valence-corrected chi connectivity index (χ4v) is 3.91. The fourth-order valence-electron chi connectivity index (χ4n) is 2.93. The molecule has 0 atom stereocenters. The number of carbonyl (C=O) groups excluding carboxylic acids is 1. The zero-order chi connectivity index (χ0) is 17.6. The van der Waals surface area contributed by atoms with Crippen molar-refractivity contribution in [2.45, 2.75) is 19.9 Å². The van der Waals surface area contributed by atoms with E-state index in [0.29, 0.717) is 12.1 Å². The van der Waals surface area contributed by atoms with Crippen LogP contribution in [0.25, 0.3) is 0 Å². The van der Waals surface area contributed by atoms with Gasteiger partial charge in [0.1, 0.15) is 0 Å². The number of nitrogens with one attached hydrogen (secondary N) is 1. The third-order valence-corrected chi connectivity index (χ3v) is 5.37. The highest BCUT2D eigenvalue weighted by molar-refractivity contribution is 7.99. The number of amides is 1. The van der Waals surface area contributed by atoms with E-state index in [9.17, 15) is 4.79 Å². The topological polar surface area (TPSA) is 58.4 Å². The van der Waals surface area contributed by atoms with Crippen molar-refractivity contribution >= 4 is 29.0 Å². The van der Waals surface area contributed by atoms with Crippen molar-refractivity contribution in [3.05, 3.63) is 59.2 Å². The Kier molecular flexibility index (Phi) is 6.00. The van der Waals surface area contributed by atoms with E-state index in [4.69, 9.17) is 5.73 Å². The number of nitrogens with two attached hydrogens (primary N) is 1. The molecule has 0 radical (unpaired) electrons. The Bertz CT molecular complexity index is 724. The number of hydrogen-bond donors (Lipinski definition) is 2. The highest BCUT2D eigenvalue weighted by Gasteiger charge is 2.12. The largest absolute Gasteiger partial charge is 0.399 e. The van der Waals surface area contributed by atoms with Crippen molar-refractivity contribution in [1.29, 1.82) is 0 Å². The van der Waals surface area contributed by atoms with Crippen molar-refractivity contribution in [3.63, 3.8) is 0 Å². The highest BCUT2D eigenvalue weighted by Crippen LogP contribution is 2.20. The van der Waals surface area contributed by atoms with E-state index in [2.05, 4.69) is 28.4 Å². The molecule has 1 amide bonds. The van der Waals surface area contributed by atoms with Gasteiger partial charge in [-0.25, -0.2) is 0 Å². The summed E-state index contributed by atoms with van der Waals surface area (Å²) in [5.74, 6) is 2.41. The normalized spacial score (nSPS) is 15.1. The molecule has 0 aliphatic carbocycles. The van der Waals surface area contributed by atoms with Crippen molar-refractivity contribution in [3.8, 4) is 0 Å². The molecule has 0 aromatic heterocycles. The van der Waals surface area contributed by atoms with Crippen LogP contribution in [0.15, 0.2) is 42.5 Å². The van der Waals surface area contributed by atoms with Gasteiger partial charge in [-0.2, -0.15) is 11.8 Å². The fraction of sp³-hybridized carbons (Fsp3) is 0.350. The van der Waals surface area contributed by atoms with Gasteiger partial charge < -0.3 is 11.1 Å². The second-order valence-corrected chi connectivity index (χ2v) is 7.73. The van der Waals surface area contributed by atoms with Crippen LogP contribution in [0.5, 0.6) is 0 Å². The SMILES string of the molecule is Cc1ccc(CN2CCSCC2)cc1NC(=O)Cc1ccc(N)cc1. The van der Waals surface area contributed by atoms with Gasteiger partial charge in [0.2, 0.25) is 5.91 Å². The summed E-state index contributed by atoms with van der Waals surface area (Å²) >= 11 is 2.02. The summed E-state index contributed by atoms with van der Waals surface area (Å²) in [6.07, 6.45) is 0.354. The first-order chi connectivity index (χ1) is 12.1. The van der Waals surface area contributed by atoms with Gasteiger partial charge in [0.15, 0.2) is 0 Å². The summed E-state index contributed by atoms with van der Waals surface area (Å²) in [6, 6.07) is 13.8. The molecule has 1 saturated heterocycles. The van der Waals surface area contributed by atoms with Crippen molar-refractivity contribution in [1.82, 2.24) is 4.90 Å². The van der Waals surface area contributed by atoms with E-state index in [1.54, 1.807) is 0 Å². The van der Waals surface area contributed by atoms with E-state index in [1.165, 1.54) is 17.1 Å². The maximum Gasteiger partial charge on any atom is 0.228 e. The molecule has 1 heterocycles. The molecule has 1 aliphatic rings. The summed E-state index contributed by atoms with van der Waals surface area (Å²) in [7, 11) is 0. The number of hydrogen-bond acceptors (Lipinski definition) is 4. The van der Waals surface area contributed by atoms with Gasteiger partial charge in [-0.15, -0.1) is 0 Å². The molecule has 25 heavy (non-hydrogen) atoms. The molecule has 1 aliphatic heterocycles. The minimum absolute atomic E-state index is 0.000561. The van der Waals surface area contributed by atoms with E-state index in [1.807, 2.05) is 43.0 Å². The number of anilines is 2. The third-order valence-electron chi connectivity index (χ3n) is 4.43. The predicted molar refractivity (Wildman–Crippen MR) is 107 cm³/mol. The molecule has 4 nitrogen and oxygen atoms in total. The molecule has 2 aromatic carbocycles. The van der Waals surface area contributed by atoms with Gasteiger partial charge in [-0.3, -0.25) is 9.69 Å². The number of thioether (sulfide) groups is 1. The first-order valence-electron chi connectivity index (χ1n) is 8.64. The second kappa shape index (κ2) is 8.41. The Morgan fingerprint density at radius 1 is 1.12 bits per heavy atom. The van der Waals surface area contributed by atoms with Crippen LogP contribution in [0.1, 0.15) is 16.7 Å². The predicted octanol–water partition coefficient (Wildman–Crippen LogP) is 3.31. The zero-order valence-electron chi connectivity index (χ0n) is 14.6. The Labute approximate surface area is 153 Å². The van der Waals surface area contributed by atoms with E-state index in [0.717, 1.165) is 36.4 Å². The quantitative estimate of drug-likeness (QED) is 0.808. The minimum Gasteiger partial charge on any atom is -0.399 e. The van der Waals surface area contributed by atoms with Gasteiger partial charge in [-0.05, 0) is 41.8 Å². The van der Waals surface area contributed by atoms with Crippen molar-refractivity contribution < 1.29 is 4.79 Å². The molecule has 3 rings (SSSR count). The molecule has 0 bridgehead atoms. The Morgan fingerprint density at radius 3 is 2.52 bits per heavy atom. The molecule has 132 valence electrons. The second-order valence-electron chi connectivity index (χ2n) is 6.50. The number of benzene rings is 2. The number of nitrogens with zero attached hydrogens (tertiary/aromatic N) is 1. The number of nitrogen functional groups attached to an aromatic ring is 1. The maximum atomic E-state index is 12.4. The van der Waals surface area contributed by atoms with Crippen molar-refractivity contribution in [2.24, 2.45) is 0 Å². The van der Waals surface area contributed by atoms with Gasteiger partial charge in [0, 0.05) is 42.5 Å². The van der Waals surface area contributed by atoms with Gasteiger partial charge >= 0.3 is 0 Å². The molecule has 2 aromatic rings. The first-order valence-corrected chi connectivity index (χ1v) is 9.79. The lowest BCUT2D eigenvalue weighted by Gasteiger charge is -2.26. The van der Waals surface area contributed by atoms with E-state index >= 15 is 0 Å². The van der Waals surface area contributed by atoms with Crippen LogP contribution in [0.2, 0.25) is 0 Å². The zero-order valence-corrected chi connectivity index (χ0v) is 15.4. The Balaban J connectivity index is 1.63. The van der Waals surface area contributed by atoms with Crippen LogP contribution in [0.4, 0.5) is 11.4 Å². The smallest absolute Gasteiger partial charge is 0.228 e. The number of aryl methyl sites for hydroxylation is 1. The summed E-state index contributed by atoms with van der Waals surface area (Å²) in [5, 5.41) is 3.06. The first kappa shape index (κ1) is 17.8. The van der Waals surface area contributed by atoms with Crippen molar-refractivity contribution in [2.75, 3.05) is 35.6 Å². The Hall–Kier alpha value is -1.98. The lowest BCUT2D eigenvalue weighted by atomic mass is 10.1. The van der Waals surface area contributed by atoms with Crippen LogP contribution < -0.4 is 11.1 Å². The molecular weight excluding hydrogens is 330 g/mol. The van der Waals surface area contributed by atoms with Gasteiger partial charge in [-0.1, -0.05) is 24.3 Å². The summed E-state index contributed by atoms with van der Waals surface area (Å²) in [4.78, 5) is 14.8. The van der Waals surface area contributed by atoms with Crippen LogP contribution in [0.3, 0.4) is 0 Å². The molecule has 0 spiro atoms. The minimum atomic E-state index is -0.000561. The third kappa shape index (κ3) is 5.25. The van der Waals surface area contributed by atoms with Gasteiger partial charge in [0.05, 0.1) is 6.42 Å². The number of carbonyl (C=O) groups is 1. The van der Waals surface area contributed by atoms with Crippen LogP contribution >= 0.6 is 11.8 Å². The molecule has 3 N–H and O–H groups in total. The molecule has 0 unspecified atom stereocenters. The van der Waals surface area contributed by atoms with Crippen LogP contribution in [-0.4, -0.2) is 35.4 Å². The highest BCUT2D eigenvalue weighted by atomic mass is 32.2. The average molecular weight is 356 g/mol. The molecular formula is C20H25N3OS. The summed E-state index contributed by atoms with van der Waals surface area (Å²) < 4.78 is 0. The monoisotopic (exact) mass is 355 g/mol. The standard InChI is InChI=1S/C20H25N3OS/c1-15-2-3-17(14-23-8-10-25-11-9-23)12-19(15)22-20(24)13-16-4-6-18(21)7-5-16/h2-7,12H,8-11,13-14,21H2,1H3,(H,22,24). The average Bonchev–Trinajstić information content (AvgIpc) is 2.61. The lowest BCUT2D eigenvalue weighted by Crippen LogP contribution is -2.32. The number of rotatable bonds is 5. The molecule has 1 fully saturated rings. The Morgan fingerprint density at radius 2 is 1.80 bits per heavy atom. The summed E-state index contributed by atoms with van der Waals surface area (Å²) in [6.45, 7) is 5.25. The molecule has 0 saturated carbocycles. The molecule has 5 heteroatoms. The lowest BCUT2D eigenvalue weighted by molar-refractivity contribution is -0.115. The van der Waals surface area contributed by atoms with Crippen LogP contribution in [-0.2, 0) is 17.8 Å². The van der Waals surface area contributed by atoms with Crippen LogP contribution in [0, 0.1) is 6.92 Å². The van der Waals surface area contributed by atoms with E-state index < -0.39 is 0 Å².